The van der Waals surface area contributed by atoms with Gasteiger partial charge in [-0.05, 0) is 61.9 Å². The number of anilines is 1. The van der Waals surface area contributed by atoms with Gasteiger partial charge in [0.15, 0.2) is 22.5 Å². The fraction of sp³-hybridized carbons (Fsp3) is 0.296. The highest BCUT2D eigenvalue weighted by Crippen LogP contribution is 2.28. The number of esters is 1. The maximum absolute atomic E-state index is 12.4. The first-order chi connectivity index (χ1) is 18.9. The van der Waals surface area contributed by atoms with Crippen LogP contribution in [0.2, 0.25) is 0 Å². The maximum Gasteiger partial charge on any atom is 0.338 e. The van der Waals surface area contributed by atoms with Crippen LogP contribution in [-0.4, -0.2) is 59.1 Å². The Kier molecular flexibility index (Phi) is 10.9. The molecule has 1 aromatic heterocycles. The second-order valence-electron chi connectivity index (χ2n) is 7.94. The van der Waals surface area contributed by atoms with E-state index in [1.165, 1.54) is 17.8 Å². The zero-order valence-electron chi connectivity index (χ0n) is 22.2. The number of nitrogens with zero attached hydrogens (tertiary/aromatic N) is 3. The van der Waals surface area contributed by atoms with Gasteiger partial charge in [0.05, 0.1) is 38.7 Å². The zero-order valence-corrected chi connectivity index (χ0v) is 23.0. The van der Waals surface area contributed by atoms with E-state index >= 15 is 0 Å². The number of benzene rings is 2. The summed E-state index contributed by atoms with van der Waals surface area (Å²) in [6.45, 7) is 4.71. The van der Waals surface area contributed by atoms with E-state index < -0.39 is 5.97 Å². The SMILES string of the molecule is CCOC(=O)c1ccc(NC(=O)CSc2nnc(CNC(=O)C=Cc3ccc(OC)c(OC)c3)n2CC)cc1. The van der Waals surface area contributed by atoms with Crippen molar-refractivity contribution in [1.82, 2.24) is 20.1 Å². The van der Waals surface area contributed by atoms with Crippen LogP contribution >= 0.6 is 11.8 Å². The van der Waals surface area contributed by atoms with Crippen LogP contribution in [0.4, 0.5) is 5.69 Å². The molecular weight excluding hydrogens is 522 g/mol. The molecule has 1 heterocycles. The molecule has 39 heavy (non-hydrogen) atoms. The van der Waals surface area contributed by atoms with Crippen LogP contribution < -0.4 is 20.1 Å². The van der Waals surface area contributed by atoms with Crippen molar-refractivity contribution in [3.8, 4) is 11.5 Å². The quantitative estimate of drug-likeness (QED) is 0.185. The Bertz CT molecular complexity index is 1320. The number of methoxy groups -OCH3 is 2. The summed E-state index contributed by atoms with van der Waals surface area (Å²) in [5.41, 5.74) is 1.76. The monoisotopic (exact) mass is 553 g/mol. The minimum absolute atomic E-state index is 0.109. The summed E-state index contributed by atoms with van der Waals surface area (Å²) in [7, 11) is 3.11. The van der Waals surface area contributed by atoms with Gasteiger partial charge in [-0.25, -0.2) is 4.79 Å². The Hall–Kier alpha value is -4.32. The summed E-state index contributed by atoms with van der Waals surface area (Å²) in [6.07, 6.45) is 3.10. The van der Waals surface area contributed by atoms with Gasteiger partial charge >= 0.3 is 5.97 Å². The van der Waals surface area contributed by atoms with Gasteiger partial charge in [-0.1, -0.05) is 17.8 Å². The molecule has 0 aliphatic carbocycles. The Morgan fingerprint density at radius 2 is 1.74 bits per heavy atom. The highest BCUT2D eigenvalue weighted by Gasteiger charge is 2.14. The van der Waals surface area contributed by atoms with Gasteiger partial charge in [0, 0.05) is 18.3 Å². The zero-order chi connectivity index (χ0) is 28.2. The number of hydrogen-bond acceptors (Lipinski definition) is 9. The van der Waals surface area contributed by atoms with Crippen molar-refractivity contribution in [1.29, 1.82) is 0 Å². The predicted octanol–water partition coefficient (Wildman–Crippen LogP) is 3.55. The molecule has 3 aromatic rings. The van der Waals surface area contributed by atoms with Crippen molar-refractivity contribution in [2.75, 3.05) is 31.9 Å². The first-order valence-corrected chi connectivity index (χ1v) is 13.2. The lowest BCUT2D eigenvalue weighted by molar-refractivity contribution is -0.116. The second-order valence-corrected chi connectivity index (χ2v) is 8.89. The van der Waals surface area contributed by atoms with Crippen molar-refractivity contribution < 1.29 is 28.6 Å². The molecule has 2 N–H and O–H groups in total. The standard InChI is InChI=1S/C27H31N5O6S/c1-5-32-23(16-28-24(33)14-8-18-7-13-21(36-3)22(15-18)37-4)30-31-27(32)39-17-25(34)29-20-11-9-19(10-12-20)26(35)38-6-2/h7-15H,5-6,16-17H2,1-4H3,(H,28,33)(H,29,34). The molecule has 0 atom stereocenters. The fourth-order valence-corrected chi connectivity index (χ4v) is 4.28. The molecule has 11 nitrogen and oxygen atoms in total. The van der Waals surface area contributed by atoms with E-state index in [1.54, 1.807) is 63.6 Å². The van der Waals surface area contributed by atoms with Crippen molar-refractivity contribution in [3.05, 3.63) is 65.5 Å². The largest absolute Gasteiger partial charge is 0.493 e. The summed E-state index contributed by atoms with van der Waals surface area (Å²) < 4.78 is 17.3. The summed E-state index contributed by atoms with van der Waals surface area (Å²) in [6, 6.07) is 11.8. The van der Waals surface area contributed by atoms with Crippen molar-refractivity contribution >= 4 is 41.3 Å². The first kappa shape index (κ1) is 29.2. The minimum Gasteiger partial charge on any atom is -0.493 e. The second kappa shape index (κ2) is 14.6. The van der Waals surface area contributed by atoms with E-state index in [1.807, 2.05) is 17.6 Å². The molecule has 206 valence electrons. The number of rotatable bonds is 13. The van der Waals surface area contributed by atoms with Crippen LogP contribution in [-0.2, 0) is 27.4 Å². The first-order valence-electron chi connectivity index (χ1n) is 12.2. The van der Waals surface area contributed by atoms with E-state index in [0.717, 1.165) is 5.56 Å². The molecule has 0 bridgehead atoms. The topological polar surface area (TPSA) is 134 Å². The summed E-state index contributed by atoms with van der Waals surface area (Å²) in [5, 5.41) is 14.5. The molecule has 3 rings (SSSR count). The van der Waals surface area contributed by atoms with Crippen LogP contribution in [0, 0.1) is 0 Å². The normalized spacial score (nSPS) is 10.8. The van der Waals surface area contributed by atoms with Gasteiger partial charge < -0.3 is 29.4 Å². The Balaban J connectivity index is 1.51. The summed E-state index contributed by atoms with van der Waals surface area (Å²) in [5.74, 6) is 0.921. The van der Waals surface area contributed by atoms with Crippen LogP contribution in [0.1, 0.15) is 35.6 Å². The molecule has 0 spiro atoms. The number of thioether (sulfide) groups is 1. The van der Waals surface area contributed by atoms with Crippen molar-refractivity contribution in [2.45, 2.75) is 32.1 Å². The molecule has 2 aromatic carbocycles. The lowest BCUT2D eigenvalue weighted by Crippen LogP contribution is -2.22. The van der Waals surface area contributed by atoms with Crippen LogP contribution in [0.15, 0.2) is 53.7 Å². The van der Waals surface area contributed by atoms with Crippen LogP contribution in [0.3, 0.4) is 0 Å². The third-order valence-corrected chi connectivity index (χ3v) is 6.34. The van der Waals surface area contributed by atoms with Crippen molar-refractivity contribution in [3.63, 3.8) is 0 Å². The van der Waals surface area contributed by atoms with Crippen LogP contribution in [0.5, 0.6) is 11.5 Å². The Morgan fingerprint density at radius 3 is 2.41 bits per heavy atom. The minimum atomic E-state index is -0.411. The third kappa shape index (κ3) is 8.34. The number of carbonyl (C=O) groups is 3. The number of aromatic nitrogens is 3. The van der Waals surface area contributed by atoms with E-state index in [9.17, 15) is 14.4 Å². The van der Waals surface area contributed by atoms with Gasteiger partial charge in [0.2, 0.25) is 11.8 Å². The molecule has 0 aliphatic rings. The van der Waals surface area contributed by atoms with Gasteiger partial charge in [0.1, 0.15) is 0 Å². The fourth-order valence-electron chi connectivity index (χ4n) is 3.46. The molecule has 0 saturated carbocycles. The maximum atomic E-state index is 12.4. The number of amides is 2. The molecule has 0 saturated heterocycles. The third-order valence-electron chi connectivity index (χ3n) is 5.38. The van der Waals surface area contributed by atoms with E-state index in [4.69, 9.17) is 14.2 Å². The average Bonchev–Trinajstić information content (AvgIpc) is 3.35. The molecular formula is C27H31N5O6S. The average molecular weight is 554 g/mol. The number of carbonyl (C=O) groups excluding carboxylic acids is 3. The molecule has 12 heteroatoms. The smallest absolute Gasteiger partial charge is 0.338 e. The molecule has 0 unspecified atom stereocenters. The van der Waals surface area contributed by atoms with Gasteiger partial charge in [-0.2, -0.15) is 0 Å². The molecule has 0 radical (unpaired) electrons. The van der Waals surface area contributed by atoms with Crippen LogP contribution in [0.25, 0.3) is 6.08 Å². The Morgan fingerprint density at radius 1 is 1.00 bits per heavy atom. The predicted molar refractivity (Wildman–Crippen MR) is 148 cm³/mol. The number of hydrogen-bond donors (Lipinski definition) is 2. The van der Waals surface area contributed by atoms with Gasteiger partial charge in [-0.3, -0.25) is 9.59 Å². The lowest BCUT2D eigenvalue weighted by Gasteiger charge is -2.09. The summed E-state index contributed by atoms with van der Waals surface area (Å²) >= 11 is 1.24. The lowest BCUT2D eigenvalue weighted by atomic mass is 10.2. The summed E-state index contributed by atoms with van der Waals surface area (Å²) in [4.78, 5) is 36.5. The Labute approximate surface area is 230 Å². The molecule has 0 aliphatic heterocycles. The van der Waals surface area contributed by atoms with Gasteiger partial charge in [0.25, 0.3) is 0 Å². The number of ether oxygens (including phenoxy) is 3. The number of nitrogens with one attached hydrogen (secondary N) is 2. The van der Waals surface area contributed by atoms with E-state index in [2.05, 4.69) is 20.8 Å². The van der Waals surface area contributed by atoms with Gasteiger partial charge in [-0.15, -0.1) is 10.2 Å². The van der Waals surface area contributed by atoms with E-state index in [0.29, 0.717) is 46.9 Å². The highest BCUT2D eigenvalue weighted by molar-refractivity contribution is 7.99. The molecule has 2 amide bonds. The van der Waals surface area contributed by atoms with Crippen molar-refractivity contribution in [2.24, 2.45) is 0 Å². The highest BCUT2D eigenvalue weighted by atomic mass is 32.2. The van der Waals surface area contributed by atoms with E-state index in [-0.39, 0.29) is 24.1 Å². The molecule has 0 fully saturated rings.